The summed E-state index contributed by atoms with van der Waals surface area (Å²) in [5.41, 5.74) is 5.05. The minimum atomic E-state index is -3.06. The zero-order valence-corrected chi connectivity index (χ0v) is 16.8. The van der Waals surface area contributed by atoms with Gasteiger partial charge in [-0.15, -0.1) is 0 Å². The van der Waals surface area contributed by atoms with E-state index in [4.69, 9.17) is 9.84 Å². The highest BCUT2D eigenvalue weighted by molar-refractivity contribution is 5.71. The van der Waals surface area contributed by atoms with E-state index in [0.29, 0.717) is 17.9 Å². The lowest BCUT2D eigenvalue weighted by atomic mass is 9.98. The summed E-state index contributed by atoms with van der Waals surface area (Å²) < 4.78 is 34.0. The summed E-state index contributed by atoms with van der Waals surface area (Å²) in [4.78, 5) is 10.8. The molecule has 2 aromatic rings. The van der Waals surface area contributed by atoms with E-state index in [-0.39, 0.29) is 18.4 Å². The van der Waals surface area contributed by atoms with E-state index in [1.807, 2.05) is 0 Å². The van der Waals surface area contributed by atoms with Crippen molar-refractivity contribution in [2.75, 3.05) is 6.61 Å². The number of carboxylic acids is 1. The van der Waals surface area contributed by atoms with Crippen LogP contribution in [0.4, 0.5) is 8.78 Å². The lowest BCUT2D eigenvalue weighted by molar-refractivity contribution is -0.137. The van der Waals surface area contributed by atoms with Gasteiger partial charge in [0.1, 0.15) is 12.4 Å². The monoisotopic (exact) mass is 400 g/mol. The first-order chi connectivity index (χ1) is 13.7. The van der Waals surface area contributed by atoms with Crippen molar-refractivity contribution in [3.8, 4) is 5.75 Å². The van der Waals surface area contributed by atoms with Gasteiger partial charge in [-0.25, -0.2) is 8.78 Å². The standard InChI is InChI=1S/C24H26F2O3/c1-16-6-8-17(9-7-16)21-5-3-4-19(21)15-29-20-12-10-18(11-13-23(27)28)22(14-20)24(2,25)26/h6-10,12,14H,3-5,11,13,15H2,1-2H3,(H,27,28). The first kappa shape index (κ1) is 21.0. The highest BCUT2D eigenvalue weighted by atomic mass is 19.3. The summed E-state index contributed by atoms with van der Waals surface area (Å²) in [5.74, 6) is -3.69. The van der Waals surface area contributed by atoms with E-state index in [2.05, 4.69) is 31.2 Å². The van der Waals surface area contributed by atoms with Crippen LogP contribution in [0.5, 0.6) is 5.75 Å². The molecule has 0 aliphatic heterocycles. The van der Waals surface area contributed by atoms with Crippen molar-refractivity contribution in [2.45, 2.75) is 51.9 Å². The number of hydrogen-bond donors (Lipinski definition) is 1. The largest absolute Gasteiger partial charge is 0.489 e. The number of carboxylic acid groups (broad SMARTS) is 1. The maximum atomic E-state index is 14.1. The van der Waals surface area contributed by atoms with Crippen molar-refractivity contribution in [3.63, 3.8) is 0 Å². The Balaban J connectivity index is 1.78. The molecule has 0 saturated carbocycles. The Labute approximate surface area is 170 Å². The second-order valence-corrected chi connectivity index (χ2v) is 7.69. The number of carbonyl (C=O) groups is 1. The van der Waals surface area contributed by atoms with Crippen molar-refractivity contribution in [1.82, 2.24) is 0 Å². The Hall–Kier alpha value is -2.69. The molecule has 0 radical (unpaired) electrons. The highest BCUT2D eigenvalue weighted by Gasteiger charge is 2.28. The molecule has 1 aliphatic rings. The van der Waals surface area contributed by atoms with Gasteiger partial charge in [0.15, 0.2) is 0 Å². The third-order valence-corrected chi connectivity index (χ3v) is 5.31. The molecule has 0 spiro atoms. The third kappa shape index (κ3) is 5.43. The Bertz CT molecular complexity index is 909. The van der Waals surface area contributed by atoms with Crippen LogP contribution in [-0.4, -0.2) is 17.7 Å². The Morgan fingerprint density at radius 3 is 2.52 bits per heavy atom. The van der Waals surface area contributed by atoms with Crippen LogP contribution in [0.1, 0.15) is 54.9 Å². The van der Waals surface area contributed by atoms with Gasteiger partial charge in [0, 0.05) is 18.9 Å². The molecule has 0 bridgehead atoms. The number of benzene rings is 2. The fourth-order valence-corrected chi connectivity index (χ4v) is 3.75. The van der Waals surface area contributed by atoms with E-state index in [1.54, 1.807) is 12.1 Å². The van der Waals surface area contributed by atoms with Crippen LogP contribution in [-0.2, 0) is 17.1 Å². The third-order valence-electron chi connectivity index (χ3n) is 5.31. The Morgan fingerprint density at radius 1 is 1.14 bits per heavy atom. The van der Waals surface area contributed by atoms with Crippen molar-refractivity contribution in [1.29, 1.82) is 0 Å². The van der Waals surface area contributed by atoms with Crippen LogP contribution in [0.25, 0.3) is 5.57 Å². The second kappa shape index (κ2) is 8.76. The molecule has 3 rings (SSSR count). The number of halogens is 2. The van der Waals surface area contributed by atoms with Crippen molar-refractivity contribution in [2.24, 2.45) is 0 Å². The molecule has 1 N–H and O–H groups in total. The number of hydrogen-bond acceptors (Lipinski definition) is 2. The van der Waals surface area contributed by atoms with Crippen molar-refractivity contribution >= 4 is 11.5 Å². The predicted molar refractivity (Wildman–Crippen MR) is 109 cm³/mol. The molecule has 5 heteroatoms. The topological polar surface area (TPSA) is 46.5 Å². The van der Waals surface area contributed by atoms with Crippen LogP contribution in [0, 0.1) is 6.92 Å². The Morgan fingerprint density at radius 2 is 1.86 bits per heavy atom. The van der Waals surface area contributed by atoms with Gasteiger partial charge in [0.05, 0.1) is 0 Å². The van der Waals surface area contributed by atoms with Gasteiger partial charge >= 0.3 is 5.97 Å². The molecule has 0 amide bonds. The van der Waals surface area contributed by atoms with Crippen LogP contribution in [0.2, 0.25) is 0 Å². The van der Waals surface area contributed by atoms with E-state index in [9.17, 15) is 13.6 Å². The quantitative estimate of drug-likeness (QED) is 0.579. The van der Waals surface area contributed by atoms with E-state index >= 15 is 0 Å². The number of alkyl halides is 2. The van der Waals surface area contributed by atoms with Gasteiger partial charge in [0.2, 0.25) is 0 Å². The van der Waals surface area contributed by atoms with Crippen LogP contribution < -0.4 is 4.74 Å². The molecule has 2 aromatic carbocycles. The van der Waals surface area contributed by atoms with Gasteiger partial charge < -0.3 is 9.84 Å². The van der Waals surface area contributed by atoms with Crippen LogP contribution >= 0.6 is 0 Å². The minimum Gasteiger partial charge on any atom is -0.489 e. The minimum absolute atomic E-state index is 0.0666. The maximum Gasteiger partial charge on any atom is 0.303 e. The molecule has 0 atom stereocenters. The SMILES string of the molecule is Cc1ccc(C2=C(COc3ccc(CCC(=O)O)c(C(C)(F)F)c3)CCC2)cc1. The van der Waals surface area contributed by atoms with Gasteiger partial charge in [-0.2, -0.15) is 0 Å². The predicted octanol–water partition coefficient (Wildman–Crippen LogP) is 6.14. The summed E-state index contributed by atoms with van der Waals surface area (Å²) in [6.45, 7) is 3.25. The number of ether oxygens (including phenoxy) is 1. The lowest BCUT2D eigenvalue weighted by Crippen LogP contribution is -2.12. The zero-order valence-electron chi connectivity index (χ0n) is 16.8. The zero-order chi connectivity index (χ0) is 21.0. The maximum absolute atomic E-state index is 14.1. The van der Waals surface area contributed by atoms with Crippen LogP contribution in [0.3, 0.4) is 0 Å². The lowest BCUT2D eigenvalue weighted by Gasteiger charge is -2.18. The summed E-state index contributed by atoms with van der Waals surface area (Å²) in [6.07, 6.45) is 2.88. The van der Waals surface area contributed by atoms with Crippen molar-refractivity contribution < 1.29 is 23.4 Å². The number of aryl methyl sites for hydroxylation is 2. The Kier molecular flexibility index (Phi) is 6.36. The summed E-state index contributed by atoms with van der Waals surface area (Å²) in [7, 11) is 0. The fourth-order valence-electron chi connectivity index (χ4n) is 3.75. The van der Waals surface area contributed by atoms with Crippen LogP contribution in [0.15, 0.2) is 48.0 Å². The van der Waals surface area contributed by atoms with Crippen molar-refractivity contribution in [3.05, 3.63) is 70.3 Å². The van der Waals surface area contributed by atoms with Gasteiger partial charge in [-0.05, 0) is 67.0 Å². The van der Waals surface area contributed by atoms with E-state index in [1.165, 1.54) is 28.3 Å². The molecule has 0 aromatic heterocycles. The normalized spacial score (nSPS) is 14.3. The number of allylic oxidation sites excluding steroid dienone is 1. The number of aliphatic carboxylic acids is 1. The molecule has 0 heterocycles. The summed E-state index contributed by atoms with van der Waals surface area (Å²) >= 11 is 0. The smallest absolute Gasteiger partial charge is 0.303 e. The molecule has 1 aliphatic carbocycles. The van der Waals surface area contributed by atoms with Gasteiger partial charge in [0.25, 0.3) is 5.92 Å². The molecule has 3 nitrogen and oxygen atoms in total. The first-order valence-corrected chi connectivity index (χ1v) is 9.88. The summed E-state index contributed by atoms with van der Waals surface area (Å²) in [5, 5.41) is 8.85. The summed E-state index contributed by atoms with van der Waals surface area (Å²) in [6, 6.07) is 12.9. The fraction of sp³-hybridized carbons (Fsp3) is 0.375. The molecular weight excluding hydrogens is 374 g/mol. The first-order valence-electron chi connectivity index (χ1n) is 9.88. The molecule has 0 unspecified atom stereocenters. The van der Waals surface area contributed by atoms with E-state index < -0.39 is 11.9 Å². The van der Waals surface area contributed by atoms with Gasteiger partial charge in [-0.1, -0.05) is 35.9 Å². The van der Waals surface area contributed by atoms with E-state index in [0.717, 1.165) is 26.2 Å². The molecule has 29 heavy (non-hydrogen) atoms. The average molecular weight is 400 g/mol. The molecular formula is C24H26F2O3. The molecule has 154 valence electrons. The number of rotatable bonds is 8. The second-order valence-electron chi connectivity index (χ2n) is 7.69. The molecule has 0 saturated heterocycles. The average Bonchev–Trinajstić information content (AvgIpc) is 3.13. The highest BCUT2D eigenvalue weighted by Crippen LogP contribution is 2.36. The molecule has 0 fully saturated rings. The van der Waals surface area contributed by atoms with Gasteiger partial charge in [-0.3, -0.25) is 4.79 Å².